The van der Waals surface area contributed by atoms with Crippen LogP contribution in [0.3, 0.4) is 0 Å². The number of hydrogen-bond acceptors (Lipinski definition) is 2. The van der Waals surface area contributed by atoms with Crippen molar-refractivity contribution in [2.75, 3.05) is 14.2 Å². The second-order valence-electron chi connectivity index (χ2n) is 6.28. The van der Waals surface area contributed by atoms with E-state index in [1.54, 1.807) is 14.2 Å². The van der Waals surface area contributed by atoms with Crippen molar-refractivity contribution < 1.29 is 14.8 Å². The van der Waals surface area contributed by atoms with E-state index in [0.29, 0.717) is 6.04 Å². The molecule has 1 aliphatic carbocycles. The summed E-state index contributed by atoms with van der Waals surface area (Å²) in [6, 6.07) is 23.9. The number of hydrogen-bond donors (Lipinski definition) is 1. The highest BCUT2D eigenvalue weighted by Crippen LogP contribution is 2.41. The Bertz CT molecular complexity index is 859. The number of quaternary nitrogens is 1. The molecule has 3 heteroatoms. The van der Waals surface area contributed by atoms with E-state index in [9.17, 15) is 0 Å². The van der Waals surface area contributed by atoms with Crippen molar-refractivity contribution in [3.8, 4) is 22.6 Å². The second kappa shape index (κ2) is 6.61. The molecule has 0 saturated carbocycles. The molecule has 0 fully saturated rings. The second-order valence-corrected chi connectivity index (χ2v) is 6.28. The standard InChI is InChI=1S/C22H21NO2/c1-24-20-12-11-15(13-21(20)25-2)14-23-22-18-9-5-3-7-16(18)17-8-4-6-10-19(17)22/h3-13,22-23H,14H2,1-2H3/p+1. The van der Waals surface area contributed by atoms with Gasteiger partial charge in [0, 0.05) is 16.7 Å². The first-order valence-corrected chi connectivity index (χ1v) is 8.54. The first-order chi connectivity index (χ1) is 12.3. The fraction of sp³-hybridized carbons (Fsp3) is 0.182. The van der Waals surface area contributed by atoms with Crippen LogP contribution in [0.15, 0.2) is 66.7 Å². The summed E-state index contributed by atoms with van der Waals surface area (Å²) in [5.41, 5.74) is 6.71. The molecule has 25 heavy (non-hydrogen) atoms. The number of rotatable bonds is 5. The van der Waals surface area contributed by atoms with E-state index in [1.807, 2.05) is 6.07 Å². The van der Waals surface area contributed by atoms with E-state index in [0.717, 1.165) is 18.0 Å². The molecule has 0 unspecified atom stereocenters. The summed E-state index contributed by atoms with van der Waals surface area (Å²) in [7, 11) is 3.34. The predicted octanol–water partition coefficient (Wildman–Crippen LogP) is 3.54. The zero-order valence-electron chi connectivity index (χ0n) is 14.5. The number of benzene rings is 3. The molecule has 0 atom stereocenters. The van der Waals surface area contributed by atoms with Gasteiger partial charge < -0.3 is 14.8 Å². The van der Waals surface area contributed by atoms with Crippen LogP contribution in [0.4, 0.5) is 0 Å². The molecule has 0 amide bonds. The first kappa shape index (κ1) is 15.7. The monoisotopic (exact) mass is 332 g/mol. The Morgan fingerprint density at radius 1 is 0.760 bits per heavy atom. The maximum absolute atomic E-state index is 5.42. The largest absolute Gasteiger partial charge is 0.493 e. The number of nitrogens with two attached hydrogens (primary N) is 1. The summed E-state index contributed by atoms with van der Waals surface area (Å²) in [5.74, 6) is 1.54. The molecule has 3 nitrogen and oxygen atoms in total. The lowest BCUT2D eigenvalue weighted by Crippen LogP contribution is -2.83. The summed E-state index contributed by atoms with van der Waals surface area (Å²) >= 11 is 0. The molecule has 0 saturated heterocycles. The van der Waals surface area contributed by atoms with Crippen molar-refractivity contribution in [3.63, 3.8) is 0 Å². The van der Waals surface area contributed by atoms with Crippen LogP contribution in [-0.4, -0.2) is 14.2 Å². The molecule has 3 aromatic carbocycles. The SMILES string of the molecule is COc1ccc(C[NH2+]C2c3ccccc3-c3ccccc32)cc1OC. The Labute approximate surface area is 148 Å². The molecule has 0 heterocycles. The highest BCUT2D eigenvalue weighted by molar-refractivity contribution is 5.77. The Kier molecular flexibility index (Phi) is 4.16. The van der Waals surface area contributed by atoms with Crippen LogP contribution in [-0.2, 0) is 6.54 Å². The third kappa shape index (κ3) is 2.77. The molecule has 4 rings (SSSR count). The highest BCUT2D eigenvalue weighted by Gasteiger charge is 2.30. The van der Waals surface area contributed by atoms with Crippen LogP contribution in [0.2, 0.25) is 0 Å². The maximum Gasteiger partial charge on any atom is 0.161 e. The van der Waals surface area contributed by atoms with Crippen molar-refractivity contribution in [2.45, 2.75) is 12.6 Å². The smallest absolute Gasteiger partial charge is 0.161 e. The van der Waals surface area contributed by atoms with Gasteiger partial charge in [-0.15, -0.1) is 0 Å². The Hall–Kier alpha value is -2.78. The summed E-state index contributed by atoms with van der Waals surface area (Å²) in [4.78, 5) is 0. The molecule has 0 aliphatic heterocycles. The van der Waals surface area contributed by atoms with Gasteiger partial charge in [-0.3, -0.25) is 0 Å². The average molecular weight is 332 g/mol. The lowest BCUT2D eigenvalue weighted by Gasteiger charge is -2.14. The van der Waals surface area contributed by atoms with Crippen molar-refractivity contribution >= 4 is 0 Å². The minimum absolute atomic E-state index is 0.334. The predicted molar refractivity (Wildman–Crippen MR) is 98.9 cm³/mol. The fourth-order valence-corrected chi connectivity index (χ4v) is 3.71. The summed E-state index contributed by atoms with van der Waals surface area (Å²) in [6.07, 6.45) is 0. The average Bonchev–Trinajstić information content (AvgIpc) is 3.00. The maximum atomic E-state index is 5.42. The van der Waals surface area contributed by atoms with Crippen LogP contribution >= 0.6 is 0 Å². The molecule has 0 radical (unpaired) electrons. The van der Waals surface area contributed by atoms with Crippen molar-refractivity contribution in [3.05, 3.63) is 83.4 Å². The van der Waals surface area contributed by atoms with E-state index in [2.05, 4.69) is 66.0 Å². The number of fused-ring (bicyclic) bond motifs is 3. The van der Waals surface area contributed by atoms with Crippen LogP contribution in [0, 0.1) is 0 Å². The van der Waals surface area contributed by atoms with Crippen LogP contribution < -0.4 is 14.8 Å². The van der Waals surface area contributed by atoms with E-state index < -0.39 is 0 Å². The van der Waals surface area contributed by atoms with Gasteiger partial charge in [0.2, 0.25) is 0 Å². The fourth-order valence-electron chi connectivity index (χ4n) is 3.71. The molecule has 126 valence electrons. The summed E-state index contributed by atoms with van der Waals surface area (Å²) < 4.78 is 10.7. The lowest BCUT2D eigenvalue weighted by molar-refractivity contribution is -0.701. The zero-order valence-corrected chi connectivity index (χ0v) is 14.5. The van der Waals surface area contributed by atoms with E-state index in [4.69, 9.17) is 9.47 Å². The van der Waals surface area contributed by atoms with Crippen molar-refractivity contribution in [1.29, 1.82) is 0 Å². The molecular formula is C22H22NO2+. The molecule has 1 aliphatic rings. The lowest BCUT2D eigenvalue weighted by atomic mass is 10.0. The van der Waals surface area contributed by atoms with Gasteiger partial charge >= 0.3 is 0 Å². The Morgan fingerprint density at radius 3 is 1.96 bits per heavy atom. The van der Waals surface area contributed by atoms with Crippen LogP contribution in [0.1, 0.15) is 22.7 Å². The van der Waals surface area contributed by atoms with E-state index in [1.165, 1.54) is 27.8 Å². The normalized spacial score (nSPS) is 12.6. The molecular weight excluding hydrogens is 310 g/mol. The van der Waals surface area contributed by atoms with Crippen molar-refractivity contribution in [1.82, 2.24) is 0 Å². The zero-order chi connectivity index (χ0) is 17.2. The minimum Gasteiger partial charge on any atom is -0.493 e. The third-order valence-electron chi connectivity index (χ3n) is 4.92. The molecule has 3 aromatic rings. The minimum atomic E-state index is 0.334. The van der Waals surface area contributed by atoms with Gasteiger partial charge in [0.1, 0.15) is 12.6 Å². The van der Waals surface area contributed by atoms with Gasteiger partial charge in [0.05, 0.1) is 14.2 Å². The molecule has 0 spiro atoms. The topological polar surface area (TPSA) is 35.1 Å². The van der Waals surface area contributed by atoms with Crippen molar-refractivity contribution in [2.24, 2.45) is 0 Å². The summed E-state index contributed by atoms with van der Waals surface area (Å²) in [6.45, 7) is 0.883. The quantitative estimate of drug-likeness (QED) is 0.776. The number of methoxy groups -OCH3 is 2. The molecule has 0 bridgehead atoms. The van der Waals surface area contributed by atoms with Gasteiger partial charge in [-0.2, -0.15) is 0 Å². The molecule has 2 N–H and O–H groups in total. The molecule has 0 aromatic heterocycles. The van der Waals surface area contributed by atoms with Gasteiger partial charge in [-0.05, 0) is 29.3 Å². The Balaban J connectivity index is 1.61. The Morgan fingerprint density at radius 2 is 1.36 bits per heavy atom. The van der Waals surface area contributed by atoms with Crippen LogP contribution in [0.25, 0.3) is 11.1 Å². The summed E-state index contributed by atoms with van der Waals surface area (Å²) in [5, 5.41) is 2.39. The number of ether oxygens (including phenoxy) is 2. The van der Waals surface area contributed by atoms with Gasteiger partial charge in [-0.25, -0.2) is 0 Å². The van der Waals surface area contributed by atoms with Gasteiger partial charge in [-0.1, -0.05) is 48.5 Å². The van der Waals surface area contributed by atoms with Crippen LogP contribution in [0.5, 0.6) is 11.5 Å². The first-order valence-electron chi connectivity index (χ1n) is 8.54. The third-order valence-corrected chi connectivity index (χ3v) is 4.92. The van der Waals surface area contributed by atoms with Gasteiger partial charge in [0.25, 0.3) is 0 Å². The van der Waals surface area contributed by atoms with E-state index >= 15 is 0 Å². The van der Waals surface area contributed by atoms with Gasteiger partial charge in [0.15, 0.2) is 11.5 Å². The van der Waals surface area contributed by atoms with E-state index in [-0.39, 0.29) is 0 Å². The highest BCUT2D eigenvalue weighted by atomic mass is 16.5.